The molecule has 3 rings (SSSR count). The fraction of sp³-hybridized carbons (Fsp3) is 0.267. The highest BCUT2D eigenvalue weighted by Crippen LogP contribution is 2.29. The van der Waals surface area contributed by atoms with Crippen molar-refractivity contribution in [3.8, 4) is 0 Å². The highest BCUT2D eigenvalue weighted by molar-refractivity contribution is 5.95. The van der Waals surface area contributed by atoms with Gasteiger partial charge in [-0.2, -0.15) is 0 Å². The van der Waals surface area contributed by atoms with Gasteiger partial charge in [-0.05, 0) is 42.2 Å². The summed E-state index contributed by atoms with van der Waals surface area (Å²) in [6.45, 7) is 4.38. The molecule has 80 valence electrons. The summed E-state index contributed by atoms with van der Waals surface area (Å²) in [6.07, 6.45) is 3.05. The van der Waals surface area contributed by atoms with Gasteiger partial charge in [-0.3, -0.25) is 4.99 Å². The smallest absolute Gasteiger partial charge is 0.0592 e. The summed E-state index contributed by atoms with van der Waals surface area (Å²) in [4.78, 5) is 4.58. The predicted molar refractivity (Wildman–Crippen MR) is 69.3 cm³/mol. The molecule has 0 aliphatic carbocycles. The van der Waals surface area contributed by atoms with Crippen LogP contribution >= 0.6 is 0 Å². The van der Waals surface area contributed by atoms with Crippen LogP contribution in [0.1, 0.15) is 25.0 Å². The number of rotatable bonds is 0. The molecule has 0 radical (unpaired) electrons. The molecule has 0 spiro atoms. The average Bonchev–Trinajstić information content (AvgIpc) is 2.28. The molecule has 1 heterocycles. The molecule has 0 fully saturated rings. The standard InChI is InChI=1S/C15H15N/c1-15(2)9-14-12(10-16-15)8-7-11-5-3-4-6-13(11)14/h3-8,10H,9H2,1-2H3. The predicted octanol–water partition coefficient (Wildman–Crippen LogP) is 3.59. The van der Waals surface area contributed by atoms with Crippen molar-refractivity contribution in [2.24, 2.45) is 4.99 Å². The summed E-state index contributed by atoms with van der Waals surface area (Å²) >= 11 is 0. The van der Waals surface area contributed by atoms with Gasteiger partial charge >= 0.3 is 0 Å². The Kier molecular flexibility index (Phi) is 1.90. The minimum atomic E-state index is 0.0388. The molecular weight excluding hydrogens is 194 g/mol. The SMILES string of the molecule is CC1(C)Cc2c(ccc3ccccc23)C=N1. The van der Waals surface area contributed by atoms with E-state index in [1.807, 2.05) is 6.21 Å². The van der Waals surface area contributed by atoms with Gasteiger partial charge in [-0.15, -0.1) is 0 Å². The third-order valence-corrected chi connectivity index (χ3v) is 3.24. The Balaban J connectivity index is 2.31. The first-order chi connectivity index (χ1) is 7.66. The van der Waals surface area contributed by atoms with E-state index in [0.29, 0.717) is 0 Å². The van der Waals surface area contributed by atoms with E-state index in [9.17, 15) is 0 Å². The minimum absolute atomic E-state index is 0.0388. The Bertz CT molecular complexity index is 579. The zero-order valence-corrected chi connectivity index (χ0v) is 9.70. The number of nitrogens with zero attached hydrogens (tertiary/aromatic N) is 1. The first-order valence-corrected chi connectivity index (χ1v) is 5.72. The number of fused-ring (bicyclic) bond motifs is 3. The average molecular weight is 209 g/mol. The van der Waals surface area contributed by atoms with Crippen molar-refractivity contribution < 1.29 is 0 Å². The van der Waals surface area contributed by atoms with E-state index in [0.717, 1.165) is 6.42 Å². The Labute approximate surface area is 95.8 Å². The first-order valence-electron chi connectivity index (χ1n) is 5.72. The molecule has 0 unspecified atom stereocenters. The van der Waals surface area contributed by atoms with E-state index in [4.69, 9.17) is 0 Å². The molecule has 1 heteroatoms. The second kappa shape index (κ2) is 3.18. The molecule has 1 aliphatic heterocycles. The Hall–Kier alpha value is -1.63. The van der Waals surface area contributed by atoms with Crippen LogP contribution in [0.15, 0.2) is 41.4 Å². The Morgan fingerprint density at radius 1 is 1.06 bits per heavy atom. The van der Waals surface area contributed by atoms with Gasteiger partial charge in [0.1, 0.15) is 0 Å². The van der Waals surface area contributed by atoms with E-state index in [1.165, 1.54) is 21.9 Å². The summed E-state index contributed by atoms with van der Waals surface area (Å²) in [5.41, 5.74) is 2.76. The topological polar surface area (TPSA) is 12.4 Å². The lowest BCUT2D eigenvalue weighted by Crippen LogP contribution is -2.25. The number of hydrogen-bond acceptors (Lipinski definition) is 1. The molecule has 0 N–H and O–H groups in total. The lowest BCUT2D eigenvalue weighted by atomic mass is 9.86. The van der Waals surface area contributed by atoms with E-state index in [1.54, 1.807) is 0 Å². The fourth-order valence-corrected chi connectivity index (χ4v) is 2.39. The van der Waals surface area contributed by atoms with E-state index in [-0.39, 0.29) is 5.54 Å². The Morgan fingerprint density at radius 2 is 1.88 bits per heavy atom. The zero-order chi connectivity index (χ0) is 11.2. The van der Waals surface area contributed by atoms with Crippen LogP contribution in [0, 0.1) is 0 Å². The van der Waals surface area contributed by atoms with Crippen LogP contribution in [-0.4, -0.2) is 11.8 Å². The van der Waals surface area contributed by atoms with Crippen LogP contribution in [0.4, 0.5) is 0 Å². The van der Waals surface area contributed by atoms with Gasteiger partial charge in [-0.1, -0.05) is 36.4 Å². The molecule has 0 saturated heterocycles. The molecule has 16 heavy (non-hydrogen) atoms. The van der Waals surface area contributed by atoms with Gasteiger partial charge < -0.3 is 0 Å². The summed E-state index contributed by atoms with van der Waals surface area (Å²) in [7, 11) is 0. The molecule has 0 atom stereocenters. The minimum Gasteiger partial charge on any atom is -0.286 e. The van der Waals surface area contributed by atoms with Gasteiger partial charge in [0.2, 0.25) is 0 Å². The quantitative estimate of drug-likeness (QED) is 0.628. The summed E-state index contributed by atoms with van der Waals surface area (Å²) in [5, 5.41) is 2.70. The highest BCUT2D eigenvalue weighted by Gasteiger charge is 2.22. The third kappa shape index (κ3) is 1.44. The van der Waals surface area contributed by atoms with Gasteiger partial charge in [0.15, 0.2) is 0 Å². The van der Waals surface area contributed by atoms with Crippen molar-refractivity contribution >= 4 is 17.0 Å². The van der Waals surface area contributed by atoms with Crippen LogP contribution in [-0.2, 0) is 6.42 Å². The molecule has 1 aliphatic rings. The monoisotopic (exact) mass is 209 g/mol. The number of aliphatic imine (C=N–C) groups is 1. The third-order valence-electron chi connectivity index (χ3n) is 3.24. The summed E-state index contributed by atoms with van der Waals surface area (Å²) < 4.78 is 0. The van der Waals surface area contributed by atoms with Crippen LogP contribution in [0.3, 0.4) is 0 Å². The van der Waals surface area contributed by atoms with Crippen LogP contribution < -0.4 is 0 Å². The molecule has 2 aromatic carbocycles. The second-order valence-electron chi connectivity index (χ2n) is 5.10. The van der Waals surface area contributed by atoms with Crippen molar-refractivity contribution in [3.05, 3.63) is 47.5 Å². The molecule has 0 aromatic heterocycles. The Morgan fingerprint density at radius 3 is 2.75 bits per heavy atom. The second-order valence-corrected chi connectivity index (χ2v) is 5.10. The summed E-state index contributed by atoms with van der Waals surface area (Å²) in [6, 6.07) is 12.9. The van der Waals surface area contributed by atoms with Crippen LogP contribution in [0.2, 0.25) is 0 Å². The van der Waals surface area contributed by atoms with Gasteiger partial charge in [-0.25, -0.2) is 0 Å². The van der Waals surface area contributed by atoms with Crippen molar-refractivity contribution in [1.82, 2.24) is 0 Å². The maximum atomic E-state index is 4.58. The maximum Gasteiger partial charge on any atom is 0.0592 e. The number of hydrogen-bond donors (Lipinski definition) is 0. The van der Waals surface area contributed by atoms with E-state index >= 15 is 0 Å². The lowest BCUT2D eigenvalue weighted by molar-refractivity contribution is 0.518. The van der Waals surface area contributed by atoms with Crippen molar-refractivity contribution in [2.75, 3.05) is 0 Å². The van der Waals surface area contributed by atoms with Gasteiger partial charge in [0.25, 0.3) is 0 Å². The van der Waals surface area contributed by atoms with Crippen LogP contribution in [0.5, 0.6) is 0 Å². The van der Waals surface area contributed by atoms with E-state index in [2.05, 4.69) is 55.2 Å². The normalized spacial score (nSPS) is 17.4. The van der Waals surface area contributed by atoms with Crippen LogP contribution in [0.25, 0.3) is 10.8 Å². The largest absolute Gasteiger partial charge is 0.286 e. The molecule has 0 bridgehead atoms. The van der Waals surface area contributed by atoms with Crippen molar-refractivity contribution in [2.45, 2.75) is 25.8 Å². The van der Waals surface area contributed by atoms with Crippen molar-refractivity contribution in [1.29, 1.82) is 0 Å². The van der Waals surface area contributed by atoms with E-state index < -0.39 is 0 Å². The molecule has 0 amide bonds. The summed E-state index contributed by atoms with van der Waals surface area (Å²) in [5.74, 6) is 0. The number of benzene rings is 2. The highest BCUT2D eigenvalue weighted by atomic mass is 14.8. The fourth-order valence-electron chi connectivity index (χ4n) is 2.39. The molecule has 1 nitrogen and oxygen atoms in total. The van der Waals surface area contributed by atoms with Crippen molar-refractivity contribution in [3.63, 3.8) is 0 Å². The van der Waals surface area contributed by atoms with Gasteiger partial charge in [0.05, 0.1) is 5.54 Å². The maximum absolute atomic E-state index is 4.58. The first kappa shape index (κ1) is 9.59. The molecular formula is C15H15N. The molecule has 0 saturated carbocycles. The zero-order valence-electron chi connectivity index (χ0n) is 9.70. The molecule has 2 aromatic rings. The lowest BCUT2D eigenvalue weighted by Gasteiger charge is -2.26. The van der Waals surface area contributed by atoms with Gasteiger partial charge in [0, 0.05) is 6.21 Å².